The summed E-state index contributed by atoms with van der Waals surface area (Å²) in [4.78, 5) is 18.7. The van der Waals surface area contributed by atoms with Crippen molar-refractivity contribution in [2.45, 2.75) is 57.0 Å². The van der Waals surface area contributed by atoms with E-state index in [1.807, 2.05) is 32.2 Å². The number of rotatable bonds is 7. The summed E-state index contributed by atoms with van der Waals surface area (Å²) in [5, 5.41) is 5.47. The van der Waals surface area contributed by atoms with E-state index in [2.05, 4.69) is 25.1 Å². The van der Waals surface area contributed by atoms with E-state index >= 15 is 4.39 Å². The number of nitrogens with zero attached hydrogens (tertiary/aromatic N) is 5. The molecule has 2 aromatic carbocycles. The summed E-state index contributed by atoms with van der Waals surface area (Å²) < 4.78 is 37.8. The van der Waals surface area contributed by atoms with E-state index in [4.69, 9.17) is 9.72 Å². The van der Waals surface area contributed by atoms with Crippen LogP contribution in [0.4, 0.5) is 14.6 Å². The highest BCUT2D eigenvalue weighted by Gasteiger charge is 2.45. The Hall–Kier alpha value is -3.43. The maximum Gasteiger partial charge on any atom is 0.319 e. The zero-order valence-corrected chi connectivity index (χ0v) is 23.7. The van der Waals surface area contributed by atoms with Gasteiger partial charge in [-0.25, -0.2) is 8.78 Å². The lowest BCUT2D eigenvalue weighted by molar-refractivity contribution is 0.108. The van der Waals surface area contributed by atoms with E-state index < -0.39 is 5.82 Å². The lowest BCUT2D eigenvalue weighted by atomic mass is 9.95. The largest absolute Gasteiger partial charge is 0.461 e. The Bertz CT molecular complexity index is 1610. The normalized spacial score (nSPS) is 20.2. The zero-order valence-electron chi connectivity index (χ0n) is 23.7. The topological polar surface area (TPSA) is 66.4 Å². The highest BCUT2D eigenvalue weighted by Crippen LogP contribution is 2.40. The summed E-state index contributed by atoms with van der Waals surface area (Å²) in [6.07, 6.45) is 7.63. The quantitative estimate of drug-likeness (QED) is 0.322. The first-order chi connectivity index (χ1) is 20.0. The Morgan fingerprint density at radius 3 is 2.71 bits per heavy atom. The molecule has 5 heterocycles. The number of anilines is 1. The molecular formula is C32H36F2N6O. The van der Waals surface area contributed by atoms with Crippen molar-refractivity contribution >= 4 is 27.5 Å². The first-order valence-corrected chi connectivity index (χ1v) is 14.9. The molecule has 41 heavy (non-hydrogen) atoms. The van der Waals surface area contributed by atoms with E-state index in [1.165, 1.54) is 18.9 Å². The molecule has 3 saturated heterocycles. The Morgan fingerprint density at radius 2 is 1.95 bits per heavy atom. The molecule has 4 aromatic rings. The van der Waals surface area contributed by atoms with Gasteiger partial charge in [0.1, 0.15) is 29.5 Å². The fourth-order valence-corrected chi connectivity index (χ4v) is 7.32. The minimum atomic E-state index is -0.547. The Labute approximate surface area is 238 Å². The lowest BCUT2D eigenvalue weighted by Crippen LogP contribution is -2.43. The number of hydrogen-bond donors (Lipinski definition) is 1. The van der Waals surface area contributed by atoms with Crippen LogP contribution in [0.5, 0.6) is 6.01 Å². The number of pyridine rings is 1. The van der Waals surface area contributed by atoms with Crippen LogP contribution in [0.3, 0.4) is 0 Å². The van der Waals surface area contributed by atoms with Gasteiger partial charge in [0.05, 0.1) is 10.9 Å². The van der Waals surface area contributed by atoms with Gasteiger partial charge in [-0.3, -0.25) is 9.88 Å². The van der Waals surface area contributed by atoms with Crippen molar-refractivity contribution < 1.29 is 13.5 Å². The average Bonchev–Trinajstić information content (AvgIpc) is 3.74. The molecule has 0 radical (unpaired) electrons. The van der Waals surface area contributed by atoms with Gasteiger partial charge in [0, 0.05) is 31.4 Å². The van der Waals surface area contributed by atoms with Crippen molar-refractivity contribution in [1.82, 2.24) is 25.2 Å². The molecule has 1 unspecified atom stereocenters. The summed E-state index contributed by atoms with van der Waals surface area (Å²) in [5.41, 5.74) is 1.45. The van der Waals surface area contributed by atoms with Crippen LogP contribution in [-0.2, 0) is 6.42 Å². The van der Waals surface area contributed by atoms with E-state index in [1.54, 1.807) is 12.3 Å². The van der Waals surface area contributed by atoms with Crippen LogP contribution in [0, 0.1) is 11.6 Å². The third-order valence-electron chi connectivity index (χ3n) is 9.55. The summed E-state index contributed by atoms with van der Waals surface area (Å²) in [7, 11) is 1.99. The Morgan fingerprint density at radius 1 is 1.12 bits per heavy atom. The van der Waals surface area contributed by atoms with Crippen molar-refractivity contribution in [1.29, 1.82) is 0 Å². The Balaban J connectivity index is 1.37. The van der Waals surface area contributed by atoms with E-state index in [0.29, 0.717) is 40.7 Å². The van der Waals surface area contributed by atoms with Crippen molar-refractivity contribution in [3.63, 3.8) is 0 Å². The van der Waals surface area contributed by atoms with Gasteiger partial charge >= 0.3 is 6.01 Å². The molecule has 2 aromatic heterocycles. The van der Waals surface area contributed by atoms with Gasteiger partial charge in [-0.05, 0) is 80.6 Å². The van der Waals surface area contributed by atoms with Crippen molar-refractivity contribution in [2.24, 2.45) is 0 Å². The second-order valence-electron chi connectivity index (χ2n) is 11.8. The molecule has 0 saturated carbocycles. The molecular weight excluding hydrogens is 522 g/mol. The summed E-state index contributed by atoms with van der Waals surface area (Å²) in [6, 6.07) is 9.20. The lowest BCUT2D eigenvalue weighted by Gasteiger charge is -2.31. The van der Waals surface area contributed by atoms with E-state index in [0.717, 1.165) is 50.8 Å². The zero-order chi connectivity index (χ0) is 28.1. The van der Waals surface area contributed by atoms with Gasteiger partial charge in [0.15, 0.2) is 5.82 Å². The van der Waals surface area contributed by atoms with Crippen LogP contribution in [0.15, 0.2) is 36.5 Å². The maximum atomic E-state index is 16.6. The SMILES string of the molecule is CCc1c(F)ccc2cccc(-c3ncc4c(N(C)C5CCNC5)nc(OCC56CCCN5CCC6)nc4c3F)c12. The number of aryl methyl sites for hydroxylation is 1. The summed E-state index contributed by atoms with van der Waals surface area (Å²) in [6.45, 7) is 6.35. The number of likely N-dealkylation sites (N-methyl/N-ethyl adjacent to an activating group) is 1. The fourth-order valence-electron chi connectivity index (χ4n) is 7.32. The van der Waals surface area contributed by atoms with Crippen LogP contribution >= 0.6 is 0 Å². The number of ether oxygens (including phenoxy) is 1. The second-order valence-corrected chi connectivity index (χ2v) is 11.8. The molecule has 1 N–H and O–H groups in total. The van der Waals surface area contributed by atoms with Crippen molar-refractivity contribution in [2.75, 3.05) is 44.7 Å². The van der Waals surface area contributed by atoms with Gasteiger partial charge in [-0.1, -0.05) is 31.2 Å². The van der Waals surface area contributed by atoms with E-state index in [9.17, 15) is 4.39 Å². The smallest absolute Gasteiger partial charge is 0.319 e. The fraction of sp³-hybridized carbons (Fsp3) is 0.469. The van der Waals surface area contributed by atoms with Gasteiger partial charge in [-0.15, -0.1) is 0 Å². The van der Waals surface area contributed by atoms with Crippen LogP contribution in [0.25, 0.3) is 32.9 Å². The number of fused-ring (bicyclic) bond motifs is 3. The first-order valence-electron chi connectivity index (χ1n) is 14.9. The van der Waals surface area contributed by atoms with Crippen molar-refractivity contribution in [3.05, 3.63) is 53.7 Å². The molecule has 7 rings (SSSR count). The second kappa shape index (κ2) is 10.4. The van der Waals surface area contributed by atoms with Gasteiger partial charge in [0.25, 0.3) is 0 Å². The number of halogens is 2. The first kappa shape index (κ1) is 26.5. The minimum Gasteiger partial charge on any atom is -0.461 e. The highest BCUT2D eigenvalue weighted by atomic mass is 19.1. The molecule has 1 atom stereocenters. The van der Waals surface area contributed by atoms with Crippen LogP contribution in [0.2, 0.25) is 0 Å². The number of aromatic nitrogens is 3. The van der Waals surface area contributed by atoms with Crippen LogP contribution in [0.1, 0.15) is 44.6 Å². The number of nitrogens with one attached hydrogen (secondary N) is 1. The Kier molecular flexibility index (Phi) is 6.74. The number of hydrogen-bond acceptors (Lipinski definition) is 7. The molecule has 3 fully saturated rings. The highest BCUT2D eigenvalue weighted by molar-refractivity contribution is 6.00. The number of benzene rings is 2. The summed E-state index contributed by atoms with van der Waals surface area (Å²) >= 11 is 0. The molecule has 9 heteroatoms. The van der Waals surface area contributed by atoms with Crippen LogP contribution in [-0.4, -0.2) is 71.3 Å². The molecule has 0 bridgehead atoms. The maximum absolute atomic E-state index is 16.6. The van der Waals surface area contributed by atoms with E-state index in [-0.39, 0.29) is 34.6 Å². The molecule has 0 aliphatic carbocycles. The monoisotopic (exact) mass is 558 g/mol. The third-order valence-corrected chi connectivity index (χ3v) is 9.55. The van der Waals surface area contributed by atoms with Crippen molar-refractivity contribution in [3.8, 4) is 17.3 Å². The third kappa shape index (κ3) is 4.41. The molecule has 0 amide bonds. The average molecular weight is 559 g/mol. The molecule has 0 spiro atoms. The molecule has 3 aliphatic rings. The minimum absolute atomic E-state index is 0.0191. The molecule has 7 nitrogen and oxygen atoms in total. The van der Waals surface area contributed by atoms with Gasteiger partial charge < -0.3 is 15.0 Å². The van der Waals surface area contributed by atoms with Gasteiger partial charge in [-0.2, -0.15) is 9.97 Å². The molecule has 214 valence electrons. The van der Waals surface area contributed by atoms with Gasteiger partial charge in [0.2, 0.25) is 0 Å². The summed E-state index contributed by atoms with van der Waals surface area (Å²) in [5.74, 6) is -0.232. The predicted octanol–water partition coefficient (Wildman–Crippen LogP) is 5.49. The van der Waals surface area contributed by atoms with Crippen LogP contribution < -0.4 is 15.0 Å². The molecule has 3 aliphatic heterocycles. The standard InChI is InChI=1S/C32H36F2N6O/c1-3-22-25(33)10-9-20-7-4-8-23(26(20)22)28-27(34)29-24(18-36-28)30(39(2)21-11-14-35-17-21)38-31(37-29)41-19-32-12-5-15-40(32)16-6-13-32/h4,7-10,18,21,35H,3,5-6,11-17,19H2,1-2H3. The predicted molar refractivity (Wildman–Crippen MR) is 158 cm³/mol.